The van der Waals surface area contributed by atoms with Crippen molar-refractivity contribution >= 4 is 17.2 Å². The van der Waals surface area contributed by atoms with Crippen molar-refractivity contribution in [3.05, 3.63) is 34.5 Å². The van der Waals surface area contributed by atoms with Crippen molar-refractivity contribution < 1.29 is 9.53 Å². The number of nitrogens with one attached hydrogen (secondary N) is 1. The summed E-state index contributed by atoms with van der Waals surface area (Å²) in [5.74, 6) is 1.45. The Bertz CT molecular complexity index is 493. The lowest BCUT2D eigenvalue weighted by Crippen LogP contribution is -2.25. The van der Waals surface area contributed by atoms with E-state index in [1.54, 1.807) is 37.5 Å². The molecule has 2 aromatic heterocycles. The van der Waals surface area contributed by atoms with Crippen molar-refractivity contribution in [3.8, 4) is 5.75 Å². The highest BCUT2D eigenvalue weighted by Crippen LogP contribution is 2.22. The molecule has 1 amide bonds. The fourth-order valence-electron chi connectivity index (χ4n) is 1.41. The molecule has 0 radical (unpaired) electrons. The Kier molecular flexibility index (Phi) is 3.43. The van der Waals surface area contributed by atoms with Gasteiger partial charge >= 0.3 is 0 Å². The minimum Gasteiger partial charge on any atom is -0.496 e. The Morgan fingerprint density at radius 2 is 2.47 bits per heavy atom. The number of thiophene rings is 1. The fourth-order valence-corrected chi connectivity index (χ4v) is 2.26. The fraction of sp³-hybridized carbons (Fsp3) is 0.273. The summed E-state index contributed by atoms with van der Waals surface area (Å²) in [6, 6.07) is 1.74. The molecule has 0 atom stereocenters. The lowest BCUT2D eigenvalue weighted by molar-refractivity contribution is 0.0786. The predicted molar refractivity (Wildman–Crippen MR) is 65.3 cm³/mol. The first kappa shape index (κ1) is 11.7. The Morgan fingerprint density at radius 1 is 1.65 bits per heavy atom. The third-order valence-corrected chi connectivity index (χ3v) is 3.21. The maximum atomic E-state index is 12.0. The van der Waals surface area contributed by atoms with Crippen LogP contribution in [0.25, 0.3) is 0 Å². The smallest absolute Gasteiger partial charge is 0.264 e. The number of imidazole rings is 1. The van der Waals surface area contributed by atoms with E-state index in [1.807, 2.05) is 5.38 Å². The van der Waals surface area contributed by atoms with Crippen LogP contribution in [0.1, 0.15) is 15.5 Å². The summed E-state index contributed by atoms with van der Waals surface area (Å²) in [4.78, 5) is 21.4. The van der Waals surface area contributed by atoms with Gasteiger partial charge in [0.1, 0.15) is 11.6 Å². The first-order valence-electron chi connectivity index (χ1n) is 5.07. The number of aromatic amines is 1. The van der Waals surface area contributed by atoms with Gasteiger partial charge in [0.2, 0.25) is 0 Å². The summed E-state index contributed by atoms with van der Waals surface area (Å²) in [6.45, 7) is 0.464. The normalized spacial score (nSPS) is 10.2. The average Bonchev–Trinajstić information content (AvgIpc) is 2.98. The van der Waals surface area contributed by atoms with Crippen molar-refractivity contribution in [2.45, 2.75) is 6.54 Å². The molecule has 2 heterocycles. The van der Waals surface area contributed by atoms with Crippen molar-refractivity contribution in [2.75, 3.05) is 14.2 Å². The van der Waals surface area contributed by atoms with E-state index in [4.69, 9.17) is 4.74 Å². The minimum absolute atomic E-state index is 0.0327. The summed E-state index contributed by atoms with van der Waals surface area (Å²) < 4.78 is 5.05. The predicted octanol–water partition coefficient (Wildman–Crippen LogP) is 1.75. The van der Waals surface area contributed by atoms with E-state index in [9.17, 15) is 4.79 Å². The standard InChI is InChI=1S/C11H13N3O2S/c1-14(6-10-12-3-4-13-10)11(15)9-5-8(16-2)7-17-9/h3-5,7H,6H2,1-2H3,(H,12,13). The van der Waals surface area contributed by atoms with E-state index in [2.05, 4.69) is 9.97 Å². The van der Waals surface area contributed by atoms with Crippen molar-refractivity contribution in [1.29, 1.82) is 0 Å². The first-order valence-corrected chi connectivity index (χ1v) is 5.95. The van der Waals surface area contributed by atoms with Crippen molar-refractivity contribution in [1.82, 2.24) is 14.9 Å². The van der Waals surface area contributed by atoms with Gasteiger partial charge in [-0.15, -0.1) is 11.3 Å². The number of rotatable bonds is 4. The molecular formula is C11H13N3O2S. The van der Waals surface area contributed by atoms with E-state index < -0.39 is 0 Å². The Hall–Kier alpha value is -1.82. The second-order valence-electron chi connectivity index (χ2n) is 3.55. The summed E-state index contributed by atoms with van der Waals surface area (Å²) in [6.07, 6.45) is 3.41. The first-order chi connectivity index (χ1) is 8.20. The molecular weight excluding hydrogens is 238 g/mol. The van der Waals surface area contributed by atoms with Gasteiger partial charge < -0.3 is 14.6 Å². The zero-order valence-corrected chi connectivity index (χ0v) is 10.5. The van der Waals surface area contributed by atoms with Gasteiger partial charge in [0.15, 0.2) is 0 Å². The van der Waals surface area contributed by atoms with Crippen LogP contribution in [-0.4, -0.2) is 34.9 Å². The van der Waals surface area contributed by atoms with Gasteiger partial charge in [-0.1, -0.05) is 0 Å². The number of aromatic nitrogens is 2. The van der Waals surface area contributed by atoms with Crippen LogP contribution in [0.5, 0.6) is 5.75 Å². The van der Waals surface area contributed by atoms with E-state index >= 15 is 0 Å². The number of ether oxygens (including phenoxy) is 1. The molecule has 17 heavy (non-hydrogen) atoms. The maximum absolute atomic E-state index is 12.0. The molecule has 0 fully saturated rings. The second-order valence-corrected chi connectivity index (χ2v) is 4.46. The number of hydrogen-bond donors (Lipinski definition) is 1. The summed E-state index contributed by atoms with van der Waals surface area (Å²) >= 11 is 1.38. The summed E-state index contributed by atoms with van der Waals surface area (Å²) in [5.41, 5.74) is 0. The molecule has 0 bridgehead atoms. The van der Waals surface area contributed by atoms with Gasteiger partial charge in [-0.05, 0) is 0 Å². The molecule has 0 aliphatic heterocycles. The van der Waals surface area contributed by atoms with Gasteiger partial charge in [0.25, 0.3) is 5.91 Å². The molecule has 2 rings (SSSR count). The van der Waals surface area contributed by atoms with Crippen LogP contribution in [-0.2, 0) is 6.54 Å². The number of H-pyrrole nitrogens is 1. The van der Waals surface area contributed by atoms with Gasteiger partial charge in [-0.2, -0.15) is 0 Å². The SMILES string of the molecule is COc1csc(C(=O)N(C)Cc2ncc[nH]2)c1. The molecule has 0 saturated heterocycles. The Labute approximate surface area is 103 Å². The quantitative estimate of drug-likeness (QED) is 0.900. The number of nitrogens with zero attached hydrogens (tertiary/aromatic N) is 2. The van der Waals surface area contributed by atoms with Gasteiger partial charge in [-0.3, -0.25) is 4.79 Å². The molecule has 1 N–H and O–H groups in total. The van der Waals surface area contributed by atoms with Crippen LogP contribution >= 0.6 is 11.3 Å². The number of carbonyl (C=O) groups excluding carboxylic acids is 1. The molecule has 0 spiro atoms. The molecule has 0 unspecified atom stereocenters. The van der Waals surface area contributed by atoms with Crippen LogP contribution in [0.4, 0.5) is 0 Å². The number of methoxy groups -OCH3 is 1. The zero-order chi connectivity index (χ0) is 12.3. The molecule has 0 saturated carbocycles. The van der Waals surface area contributed by atoms with E-state index in [-0.39, 0.29) is 5.91 Å². The van der Waals surface area contributed by atoms with Gasteiger partial charge in [0, 0.05) is 30.9 Å². The summed E-state index contributed by atoms with van der Waals surface area (Å²) in [7, 11) is 3.33. The Balaban J connectivity index is 2.04. The monoisotopic (exact) mass is 251 g/mol. The molecule has 6 heteroatoms. The lowest BCUT2D eigenvalue weighted by Gasteiger charge is -2.14. The molecule has 5 nitrogen and oxygen atoms in total. The van der Waals surface area contributed by atoms with E-state index in [0.29, 0.717) is 17.2 Å². The number of amides is 1. The number of hydrogen-bond acceptors (Lipinski definition) is 4. The third-order valence-electron chi connectivity index (χ3n) is 2.31. The van der Waals surface area contributed by atoms with Crippen LogP contribution in [0.2, 0.25) is 0 Å². The van der Waals surface area contributed by atoms with E-state index in [1.165, 1.54) is 11.3 Å². The highest BCUT2D eigenvalue weighted by Gasteiger charge is 2.15. The Morgan fingerprint density at radius 3 is 3.06 bits per heavy atom. The third kappa shape index (κ3) is 2.65. The minimum atomic E-state index is -0.0327. The highest BCUT2D eigenvalue weighted by molar-refractivity contribution is 7.12. The van der Waals surface area contributed by atoms with E-state index in [0.717, 1.165) is 5.82 Å². The highest BCUT2D eigenvalue weighted by atomic mass is 32.1. The topological polar surface area (TPSA) is 58.2 Å². The molecule has 2 aromatic rings. The molecule has 0 aliphatic carbocycles. The van der Waals surface area contributed by atoms with Gasteiger partial charge in [0.05, 0.1) is 18.5 Å². The van der Waals surface area contributed by atoms with Crippen LogP contribution in [0, 0.1) is 0 Å². The molecule has 0 aromatic carbocycles. The van der Waals surface area contributed by atoms with Crippen molar-refractivity contribution in [3.63, 3.8) is 0 Å². The average molecular weight is 251 g/mol. The molecule has 0 aliphatic rings. The van der Waals surface area contributed by atoms with Gasteiger partial charge in [-0.25, -0.2) is 4.98 Å². The summed E-state index contributed by atoms with van der Waals surface area (Å²) in [5, 5.41) is 1.81. The lowest BCUT2D eigenvalue weighted by atomic mass is 10.4. The second kappa shape index (κ2) is 5.01. The molecule has 90 valence electrons. The van der Waals surface area contributed by atoms with Crippen LogP contribution in [0.3, 0.4) is 0 Å². The van der Waals surface area contributed by atoms with Crippen LogP contribution < -0.4 is 4.74 Å². The zero-order valence-electron chi connectivity index (χ0n) is 9.64. The largest absolute Gasteiger partial charge is 0.496 e. The number of carbonyl (C=O) groups is 1. The van der Waals surface area contributed by atoms with Crippen molar-refractivity contribution in [2.24, 2.45) is 0 Å². The van der Waals surface area contributed by atoms with Crippen LogP contribution in [0.15, 0.2) is 23.8 Å². The maximum Gasteiger partial charge on any atom is 0.264 e.